The third-order valence-corrected chi connectivity index (χ3v) is 3.20. The minimum Gasteiger partial charge on any atom is -0.264 e. The highest BCUT2D eigenvalue weighted by Crippen LogP contribution is 2.09. The number of rotatable bonds is 3. The van der Waals surface area contributed by atoms with E-state index in [-0.39, 0.29) is 5.91 Å². The van der Waals surface area contributed by atoms with Crippen molar-refractivity contribution >= 4 is 17.5 Å². The molecule has 0 aliphatic rings. The van der Waals surface area contributed by atoms with Crippen LogP contribution in [0.15, 0.2) is 42.6 Å². The van der Waals surface area contributed by atoms with Crippen LogP contribution in [0.5, 0.6) is 0 Å². The molecule has 3 nitrogen and oxygen atoms in total. The van der Waals surface area contributed by atoms with Gasteiger partial charge in [0.05, 0.1) is 0 Å². The molecule has 1 heterocycles. The first-order chi connectivity index (χ1) is 9.10. The van der Waals surface area contributed by atoms with Gasteiger partial charge in [-0.2, -0.15) is 0 Å². The normalized spacial score (nSPS) is 10.3. The Morgan fingerprint density at radius 1 is 1.21 bits per heavy atom. The molecule has 0 fully saturated rings. The smallest absolute Gasteiger partial charge is 0.264 e. The van der Waals surface area contributed by atoms with Crippen LogP contribution in [0.25, 0.3) is 0 Å². The van der Waals surface area contributed by atoms with Crippen molar-refractivity contribution in [1.82, 2.24) is 0 Å². The van der Waals surface area contributed by atoms with Crippen LogP contribution in [0.2, 0.25) is 5.02 Å². The van der Waals surface area contributed by atoms with Crippen LogP contribution >= 0.6 is 11.6 Å². The van der Waals surface area contributed by atoms with Crippen molar-refractivity contribution in [3.05, 3.63) is 64.4 Å². The van der Waals surface area contributed by atoms with E-state index in [1.165, 1.54) is 5.56 Å². The van der Waals surface area contributed by atoms with Gasteiger partial charge in [-0.05, 0) is 36.8 Å². The molecule has 0 saturated carbocycles. The van der Waals surface area contributed by atoms with E-state index in [1.54, 1.807) is 28.9 Å². The largest absolute Gasteiger partial charge is 0.305 e. The summed E-state index contributed by atoms with van der Waals surface area (Å²) in [6.45, 7) is 4.03. The second-order valence-electron chi connectivity index (χ2n) is 4.35. The summed E-state index contributed by atoms with van der Waals surface area (Å²) in [4.78, 5) is 12.1. The van der Waals surface area contributed by atoms with Crippen LogP contribution in [-0.4, -0.2) is 5.91 Å². The molecule has 98 valence electrons. The van der Waals surface area contributed by atoms with Gasteiger partial charge in [-0.3, -0.25) is 4.79 Å². The molecule has 2 aromatic rings. The molecular formula is C15H16ClN2O+. The van der Waals surface area contributed by atoms with E-state index in [2.05, 4.69) is 18.4 Å². The topological polar surface area (TPSA) is 33.0 Å². The van der Waals surface area contributed by atoms with Crippen molar-refractivity contribution in [2.75, 3.05) is 5.43 Å². The summed E-state index contributed by atoms with van der Waals surface area (Å²) in [5.41, 5.74) is 5.58. The van der Waals surface area contributed by atoms with Crippen LogP contribution < -0.4 is 10.1 Å². The third kappa shape index (κ3) is 3.32. The average molecular weight is 276 g/mol. The minimum absolute atomic E-state index is 0.155. The lowest BCUT2D eigenvalue weighted by Gasteiger charge is -2.03. The molecule has 0 unspecified atom stereocenters. The Hall–Kier alpha value is -1.87. The van der Waals surface area contributed by atoms with Crippen molar-refractivity contribution in [2.45, 2.75) is 20.3 Å². The molecule has 2 rings (SSSR count). The van der Waals surface area contributed by atoms with Gasteiger partial charge in [0, 0.05) is 29.1 Å². The third-order valence-electron chi connectivity index (χ3n) is 2.95. The number of aromatic nitrogens is 1. The van der Waals surface area contributed by atoms with E-state index in [9.17, 15) is 4.79 Å². The molecule has 0 bridgehead atoms. The van der Waals surface area contributed by atoms with Crippen molar-refractivity contribution < 1.29 is 9.47 Å². The number of amides is 1. The second-order valence-corrected chi connectivity index (χ2v) is 4.79. The number of nitrogens with zero attached hydrogens (tertiary/aromatic N) is 1. The molecule has 1 aromatic carbocycles. The van der Waals surface area contributed by atoms with Crippen molar-refractivity contribution in [2.24, 2.45) is 0 Å². The van der Waals surface area contributed by atoms with Gasteiger partial charge in [0.1, 0.15) is 0 Å². The molecule has 0 aliphatic carbocycles. The molecule has 0 saturated heterocycles. The summed E-state index contributed by atoms with van der Waals surface area (Å²) < 4.78 is 1.75. The number of carbonyl (C=O) groups excluding carboxylic acids is 1. The molecule has 1 amide bonds. The summed E-state index contributed by atoms with van der Waals surface area (Å²) in [5, 5.41) is 0.619. The maximum atomic E-state index is 12.1. The molecule has 0 radical (unpaired) electrons. The van der Waals surface area contributed by atoms with Gasteiger partial charge < -0.3 is 0 Å². The zero-order chi connectivity index (χ0) is 13.8. The predicted molar refractivity (Wildman–Crippen MR) is 75.9 cm³/mol. The first-order valence-electron chi connectivity index (χ1n) is 6.18. The number of aryl methyl sites for hydroxylation is 2. The van der Waals surface area contributed by atoms with E-state index < -0.39 is 0 Å². The lowest BCUT2D eigenvalue weighted by Crippen LogP contribution is -2.50. The van der Waals surface area contributed by atoms with Gasteiger partial charge in [-0.1, -0.05) is 23.2 Å². The Balaban J connectivity index is 2.21. The van der Waals surface area contributed by atoms with Crippen LogP contribution in [0, 0.1) is 6.92 Å². The number of halogens is 1. The van der Waals surface area contributed by atoms with Gasteiger partial charge >= 0.3 is 5.91 Å². The van der Waals surface area contributed by atoms with Gasteiger partial charge in [0.2, 0.25) is 11.9 Å². The number of carbonyl (C=O) groups is 1. The maximum absolute atomic E-state index is 12.1. The van der Waals surface area contributed by atoms with Gasteiger partial charge in [-0.15, -0.1) is 5.43 Å². The van der Waals surface area contributed by atoms with E-state index in [0.717, 1.165) is 12.1 Å². The summed E-state index contributed by atoms with van der Waals surface area (Å²) >= 11 is 5.80. The Morgan fingerprint density at radius 2 is 1.89 bits per heavy atom. The van der Waals surface area contributed by atoms with Crippen molar-refractivity contribution in [1.29, 1.82) is 0 Å². The first-order valence-corrected chi connectivity index (χ1v) is 6.56. The molecule has 4 heteroatoms. The zero-order valence-corrected chi connectivity index (χ0v) is 11.7. The standard InChI is InChI=1S/C15H15ClN2O/c1-3-12-5-4-11(2)18(10-12)17-15(19)13-6-8-14(16)9-7-13/h4-10H,3H2,1-2H3/p+1. The Bertz CT molecular complexity index is 594. The van der Waals surface area contributed by atoms with E-state index in [0.29, 0.717) is 10.6 Å². The van der Waals surface area contributed by atoms with Gasteiger partial charge in [0.25, 0.3) is 0 Å². The highest BCUT2D eigenvalue weighted by Gasteiger charge is 2.13. The number of pyridine rings is 1. The molecule has 0 spiro atoms. The molecule has 19 heavy (non-hydrogen) atoms. The lowest BCUT2D eigenvalue weighted by molar-refractivity contribution is -0.648. The Morgan fingerprint density at radius 3 is 2.53 bits per heavy atom. The SMILES string of the molecule is CCc1ccc(C)[n+](NC(=O)c2ccc(Cl)cc2)c1. The quantitative estimate of drug-likeness (QED) is 0.859. The van der Waals surface area contributed by atoms with Gasteiger partial charge in [-0.25, -0.2) is 0 Å². The van der Waals surface area contributed by atoms with Gasteiger partial charge in [0.15, 0.2) is 0 Å². The highest BCUT2D eigenvalue weighted by atomic mass is 35.5. The number of hydrogen-bond donors (Lipinski definition) is 1. The summed E-state index contributed by atoms with van der Waals surface area (Å²) in [6, 6.07) is 10.9. The van der Waals surface area contributed by atoms with Crippen LogP contribution in [0.4, 0.5) is 0 Å². The highest BCUT2D eigenvalue weighted by molar-refractivity contribution is 6.30. The molecule has 1 aromatic heterocycles. The fourth-order valence-corrected chi connectivity index (χ4v) is 1.85. The Labute approximate surface area is 117 Å². The van der Waals surface area contributed by atoms with E-state index in [1.807, 2.05) is 19.2 Å². The second kappa shape index (κ2) is 5.85. The lowest BCUT2D eigenvalue weighted by atomic mass is 10.2. The van der Waals surface area contributed by atoms with Crippen molar-refractivity contribution in [3.8, 4) is 0 Å². The maximum Gasteiger partial charge on any atom is 0.305 e. The first kappa shape index (κ1) is 13.6. The zero-order valence-electron chi connectivity index (χ0n) is 11.0. The van der Waals surface area contributed by atoms with Crippen LogP contribution in [0.3, 0.4) is 0 Å². The van der Waals surface area contributed by atoms with E-state index in [4.69, 9.17) is 11.6 Å². The monoisotopic (exact) mass is 275 g/mol. The molecule has 0 atom stereocenters. The average Bonchev–Trinajstić information content (AvgIpc) is 2.42. The van der Waals surface area contributed by atoms with Crippen LogP contribution in [0.1, 0.15) is 28.5 Å². The summed E-state index contributed by atoms with van der Waals surface area (Å²) in [6.07, 6.45) is 2.86. The van der Waals surface area contributed by atoms with E-state index >= 15 is 0 Å². The Kier molecular flexibility index (Phi) is 4.17. The molecule has 1 N–H and O–H groups in total. The summed E-state index contributed by atoms with van der Waals surface area (Å²) in [5.74, 6) is -0.155. The predicted octanol–water partition coefficient (Wildman–Crippen LogP) is 2.88. The summed E-state index contributed by atoms with van der Waals surface area (Å²) in [7, 11) is 0. The molecular weight excluding hydrogens is 260 g/mol. The fourth-order valence-electron chi connectivity index (χ4n) is 1.72. The molecule has 0 aliphatic heterocycles. The number of hydrogen-bond acceptors (Lipinski definition) is 1. The number of benzene rings is 1. The van der Waals surface area contributed by atoms with Crippen LogP contribution in [-0.2, 0) is 6.42 Å². The van der Waals surface area contributed by atoms with Crippen molar-refractivity contribution in [3.63, 3.8) is 0 Å². The number of nitrogens with one attached hydrogen (secondary N) is 1. The minimum atomic E-state index is -0.155. The fraction of sp³-hybridized carbons (Fsp3) is 0.200.